The van der Waals surface area contributed by atoms with Gasteiger partial charge in [0.05, 0.1) is 18.7 Å². The number of rotatable bonds is 12. The zero-order valence-electron chi connectivity index (χ0n) is 31.0. The number of nitriles is 1. The number of esters is 1. The largest absolute Gasteiger partial charge is 0.496 e. The predicted molar refractivity (Wildman–Crippen MR) is 205 cm³/mol. The van der Waals surface area contributed by atoms with Crippen molar-refractivity contribution in [2.45, 2.75) is 83.9 Å². The molecule has 0 saturated carbocycles. The van der Waals surface area contributed by atoms with Crippen LogP contribution in [0.4, 0.5) is 17.5 Å². The molecule has 0 radical (unpaired) electrons. The lowest BCUT2D eigenvalue weighted by atomic mass is 9.92. The van der Waals surface area contributed by atoms with Crippen LogP contribution in [0, 0.1) is 11.3 Å². The Morgan fingerprint density at radius 2 is 1.88 bits per heavy atom. The molecule has 2 aliphatic rings. The molecule has 1 fully saturated rings. The molecule has 11 heteroatoms. The molecule has 2 aliphatic heterocycles. The molecular formula is C41H50N8O3. The molecule has 0 amide bonds. The molecule has 2 aromatic carbocycles. The van der Waals surface area contributed by atoms with E-state index in [-0.39, 0.29) is 12.5 Å². The number of hydrogen-bond acceptors (Lipinski definition) is 11. The van der Waals surface area contributed by atoms with Crippen LogP contribution in [0.25, 0.3) is 11.1 Å². The van der Waals surface area contributed by atoms with Crippen LogP contribution in [0.2, 0.25) is 0 Å². The zero-order valence-corrected chi connectivity index (χ0v) is 31.0. The highest BCUT2D eigenvalue weighted by atomic mass is 16.6. The van der Waals surface area contributed by atoms with Crippen molar-refractivity contribution in [3.63, 3.8) is 0 Å². The third-order valence-corrected chi connectivity index (χ3v) is 9.71. The summed E-state index contributed by atoms with van der Waals surface area (Å²) in [4.78, 5) is 30.2. The smallest absolute Gasteiger partial charge is 0.325 e. The number of hydrogen-bond donors (Lipinski definition) is 3. The highest BCUT2D eigenvalue weighted by Gasteiger charge is 2.28. The predicted octanol–water partition coefficient (Wildman–Crippen LogP) is 6.64. The third kappa shape index (κ3) is 8.80. The lowest BCUT2D eigenvalue weighted by molar-refractivity contribution is -0.157. The minimum Gasteiger partial charge on any atom is -0.496 e. The number of fused-ring (bicyclic) bond motifs is 1. The maximum Gasteiger partial charge on any atom is 0.325 e. The number of aromatic nitrogens is 3. The first-order valence-electron chi connectivity index (χ1n) is 18.4. The lowest BCUT2D eigenvalue weighted by Crippen LogP contribution is -2.45. The van der Waals surface area contributed by atoms with Gasteiger partial charge in [0.25, 0.3) is 0 Å². The molecule has 1 atom stereocenters. The molecule has 6 rings (SSSR count). The van der Waals surface area contributed by atoms with Crippen molar-refractivity contribution in [2.75, 3.05) is 48.8 Å². The van der Waals surface area contributed by atoms with E-state index in [1.807, 2.05) is 51.1 Å². The van der Waals surface area contributed by atoms with Crippen LogP contribution in [0.5, 0.6) is 5.75 Å². The van der Waals surface area contributed by atoms with Crippen LogP contribution >= 0.6 is 0 Å². The van der Waals surface area contributed by atoms with E-state index >= 15 is 0 Å². The van der Waals surface area contributed by atoms with Crippen LogP contribution in [-0.4, -0.2) is 65.9 Å². The molecule has 3 N–H and O–H groups in total. The summed E-state index contributed by atoms with van der Waals surface area (Å²) in [6, 6.07) is 19.4. The van der Waals surface area contributed by atoms with Crippen LogP contribution in [-0.2, 0) is 28.9 Å². The van der Waals surface area contributed by atoms with Gasteiger partial charge in [-0.2, -0.15) is 5.26 Å². The molecule has 2 aromatic heterocycles. The van der Waals surface area contributed by atoms with Crippen molar-refractivity contribution in [3.05, 3.63) is 88.9 Å². The van der Waals surface area contributed by atoms with E-state index in [1.54, 1.807) is 25.6 Å². The van der Waals surface area contributed by atoms with E-state index in [1.165, 1.54) is 11.3 Å². The fourth-order valence-corrected chi connectivity index (χ4v) is 6.97. The van der Waals surface area contributed by atoms with Gasteiger partial charge in [-0.1, -0.05) is 37.3 Å². The van der Waals surface area contributed by atoms with Gasteiger partial charge >= 0.3 is 5.97 Å². The van der Waals surface area contributed by atoms with Crippen molar-refractivity contribution < 1.29 is 14.3 Å². The van der Waals surface area contributed by atoms with Gasteiger partial charge in [-0.05, 0) is 93.8 Å². The standard InChI is InChI=1S/C41H50N8O3/c1-6-32-38(46-26-47-39(32)49-20-17-30(18-21-49)34-16-14-31-8-7-19-43-37(31)48-34)45-25-35(40(50)52-41(2,3)4)44-24-28-11-15-33(36(22-28)51-5)29-12-9-27(23-42)10-13-29/h9-16,22,26,30,35,44H,6-8,17-21,24-25H2,1-5H3,(H,43,48)(H,45,46,47)/t35-/m0/s1. The summed E-state index contributed by atoms with van der Waals surface area (Å²) < 4.78 is 11.6. The zero-order chi connectivity index (χ0) is 36.7. The Kier molecular flexibility index (Phi) is 11.6. The second kappa shape index (κ2) is 16.4. The molecule has 4 heterocycles. The Balaban J connectivity index is 1.13. The quantitative estimate of drug-likeness (QED) is 0.137. The SMILES string of the molecule is CCc1c(NC[C@H](NCc2ccc(-c3ccc(C#N)cc3)c(OC)c2)C(=O)OC(C)(C)C)ncnc1N1CCC(c2ccc3c(n2)NCCC3)CC1. The summed E-state index contributed by atoms with van der Waals surface area (Å²) in [6.45, 7) is 11.2. The Morgan fingerprint density at radius 3 is 2.60 bits per heavy atom. The van der Waals surface area contributed by atoms with Gasteiger partial charge in [0, 0.05) is 55.5 Å². The molecule has 0 spiro atoms. The van der Waals surface area contributed by atoms with Gasteiger partial charge in [-0.15, -0.1) is 0 Å². The minimum absolute atomic E-state index is 0.277. The Hall–Kier alpha value is -5.21. The van der Waals surface area contributed by atoms with Gasteiger partial charge in [0.1, 0.15) is 41.2 Å². The summed E-state index contributed by atoms with van der Waals surface area (Å²) in [5, 5.41) is 19.5. The van der Waals surface area contributed by atoms with E-state index in [0.29, 0.717) is 23.8 Å². The normalized spacial score (nSPS) is 15.2. The minimum atomic E-state index is -0.652. The number of benzene rings is 2. The number of carbonyl (C=O) groups is 1. The van der Waals surface area contributed by atoms with Gasteiger partial charge < -0.3 is 25.0 Å². The lowest BCUT2D eigenvalue weighted by Gasteiger charge is -2.34. The van der Waals surface area contributed by atoms with E-state index in [0.717, 1.165) is 91.4 Å². The monoisotopic (exact) mass is 702 g/mol. The van der Waals surface area contributed by atoms with Crippen molar-refractivity contribution in [2.24, 2.45) is 0 Å². The summed E-state index contributed by atoms with van der Waals surface area (Å²) in [7, 11) is 1.64. The van der Waals surface area contributed by atoms with Crippen molar-refractivity contribution in [3.8, 4) is 22.9 Å². The Morgan fingerprint density at radius 1 is 1.10 bits per heavy atom. The number of nitrogens with zero attached hydrogens (tertiary/aromatic N) is 5. The van der Waals surface area contributed by atoms with Crippen LogP contribution < -0.4 is 25.6 Å². The second-order valence-corrected chi connectivity index (χ2v) is 14.5. The molecule has 52 heavy (non-hydrogen) atoms. The number of aryl methyl sites for hydroxylation is 1. The average Bonchev–Trinajstić information content (AvgIpc) is 3.16. The molecule has 0 unspecified atom stereocenters. The third-order valence-electron chi connectivity index (χ3n) is 9.71. The Bertz CT molecular complexity index is 1890. The number of nitrogens with one attached hydrogen (secondary N) is 3. The summed E-state index contributed by atoms with van der Waals surface area (Å²) in [6.07, 6.45) is 6.62. The first-order valence-corrected chi connectivity index (χ1v) is 18.4. The summed E-state index contributed by atoms with van der Waals surface area (Å²) in [5.74, 6) is 3.50. The first kappa shape index (κ1) is 36.6. The van der Waals surface area contributed by atoms with E-state index in [9.17, 15) is 10.1 Å². The summed E-state index contributed by atoms with van der Waals surface area (Å²) >= 11 is 0. The molecule has 0 bridgehead atoms. The highest BCUT2D eigenvalue weighted by molar-refractivity contribution is 5.77. The average molecular weight is 703 g/mol. The molecule has 272 valence electrons. The molecular weight excluding hydrogens is 653 g/mol. The van der Waals surface area contributed by atoms with E-state index in [2.05, 4.69) is 51.0 Å². The summed E-state index contributed by atoms with van der Waals surface area (Å²) in [5.41, 5.74) is 6.31. The van der Waals surface area contributed by atoms with Crippen molar-refractivity contribution >= 4 is 23.4 Å². The topological polar surface area (TPSA) is 137 Å². The highest BCUT2D eigenvalue weighted by Crippen LogP contribution is 2.34. The fraction of sp³-hybridized carbons (Fsp3) is 0.439. The van der Waals surface area contributed by atoms with Crippen molar-refractivity contribution in [1.82, 2.24) is 20.3 Å². The Labute approximate surface area is 307 Å². The van der Waals surface area contributed by atoms with E-state index < -0.39 is 11.6 Å². The molecule has 11 nitrogen and oxygen atoms in total. The van der Waals surface area contributed by atoms with Gasteiger partial charge in [0.2, 0.25) is 0 Å². The molecule has 0 aliphatic carbocycles. The molecule has 1 saturated heterocycles. The number of carbonyl (C=O) groups excluding carboxylic acids is 1. The van der Waals surface area contributed by atoms with Crippen LogP contribution in [0.15, 0.2) is 60.9 Å². The van der Waals surface area contributed by atoms with E-state index in [4.69, 9.17) is 19.4 Å². The number of pyridine rings is 1. The maximum absolute atomic E-state index is 13.5. The first-order chi connectivity index (χ1) is 25.1. The van der Waals surface area contributed by atoms with Crippen molar-refractivity contribution in [1.29, 1.82) is 5.26 Å². The number of anilines is 3. The fourth-order valence-electron chi connectivity index (χ4n) is 6.97. The van der Waals surface area contributed by atoms with Crippen LogP contribution in [0.1, 0.15) is 80.8 Å². The van der Waals surface area contributed by atoms with Gasteiger partial charge in [-0.25, -0.2) is 15.0 Å². The van der Waals surface area contributed by atoms with Gasteiger partial charge in [0.15, 0.2) is 0 Å². The number of ether oxygens (including phenoxy) is 2. The van der Waals surface area contributed by atoms with Gasteiger partial charge in [-0.3, -0.25) is 10.1 Å². The number of methoxy groups -OCH3 is 1. The molecule has 4 aromatic rings. The number of piperidine rings is 1. The maximum atomic E-state index is 13.5. The van der Waals surface area contributed by atoms with Crippen LogP contribution in [0.3, 0.4) is 0 Å². The second-order valence-electron chi connectivity index (χ2n) is 14.5.